The summed E-state index contributed by atoms with van der Waals surface area (Å²) in [4.78, 5) is 8.72. The molecule has 1 aromatic rings. The molecule has 0 radical (unpaired) electrons. The third-order valence-corrected chi connectivity index (χ3v) is 2.25. The van der Waals surface area contributed by atoms with Gasteiger partial charge in [-0.25, -0.2) is 4.98 Å². The molecule has 1 aromatic heterocycles. The number of ether oxygens (including phenoxy) is 1. The Morgan fingerprint density at radius 1 is 1.22 bits per heavy atom. The van der Waals surface area contributed by atoms with Gasteiger partial charge in [-0.15, -0.1) is 0 Å². The smallest absolute Gasteiger partial charge is 0.242 e. The second-order valence-electron chi connectivity index (χ2n) is 5.06. The first-order chi connectivity index (χ1) is 8.43. The molecule has 1 rings (SSSR count). The third kappa shape index (κ3) is 4.05. The van der Waals surface area contributed by atoms with E-state index in [2.05, 4.69) is 29.1 Å². The van der Waals surface area contributed by atoms with E-state index in [1.807, 2.05) is 20.8 Å². The zero-order valence-corrected chi connectivity index (χ0v) is 11.9. The molecule has 102 valence electrons. The van der Waals surface area contributed by atoms with Gasteiger partial charge < -0.3 is 15.8 Å². The molecular formula is C13H24N4O. The van der Waals surface area contributed by atoms with E-state index in [9.17, 15) is 0 Å². The Hall–Kier alpha value is -1.52. The van der Waals surface area contributed by atoms with E-state index in [1.54, 1.807) is 0 Å². The lowest BCUT2D eigenvalue weighted by molar-refractivity contribution is 0.262. The molecule has 3 N–H and O–H groups in total. The molecule has 0 aliphatic carbocycles. The third-order valence-electron chi connectivity index (χ3n) is 2.25. The van der Waals surface area contributed by atoms with Crippen LogP contribution in [0.3, 0.4) is 0 Å². The molecule has 5 nitrogen and oxygen atoms in total. The van der Waals surface area contributed by atoms with Gasteiger partial charge in [0.1, 0.15) is 11.5 Å². The highest BCUT2D eigenvalue weighted by molar-refractivity contribution is 5.67. The number of nitrogens with two attached hydrogens (primary N) is 1. The molecule has 0 amide bonds. The quantitative estimate of drug-likeness (QED) is 0.813. The van der Waals surface area contributed by atoms with E-state index < -0.39 is 0 Å². The Bertz CT molecular complexity index is 391. The van der Waals surface area contributed by atoms with Crippen LogP contribution in [0.4, 0.5) is 11.5 Å². The standard InChI is InChI=1S/C13H24N4O/c1-6-10-16-12(15-9(4)5)11(14)13(17-10)18-7-8(2)3/h8-9H,6-7,14H2,1-5H3,(H,15,16,17). The lowest BCUT2D eigenvalue weighted by Gasteiger charge is -2.16. The van der Waals surface area contributed by atoms with Crippen LogP contribution in [0.15, 0.2) is 0 Å². The fraction of sp³-hybridized carbons (Fsp3) is 0.692. The molecule has 0 aliphatic heterocycles. The summed E-state index contributed by atoms with van der Waals surface area (Å²) in [6.07, 6.45) is 0.755. The molecular weight excluding hydrogens is 228 g/mol. The van der Waals surface area contributed by atoms with Crippen LogP contribution in [0, 0.1) is 5.92 Å². The minimum Gasteiger partial charge on any atom is -0.476 e. The van der Waals surface area contributed by atoms with Crippen LogP contribution in [0.1, 0.15) is 40.4 Å². The predicted octanol–water partition coefficient (Wildman–Crippen LogP) is 2.48. The first-order valence-electron chi connectivity index (χ1n) is 6.49. The zero-order valence-electron chi connectivity index (χ0n) is 11.9. The summed E-state index contributed by atoms with van der Waals surface area (Å²) in [5.41, 5.74) is 6.52. The normalized spacial score (nSPS) is 11.1. The average molecular weight is 252 g/mol. The van der Waals surface area contributed by atoms with E-state index in [0.717, 1.165) is 12.2 Å². The van der Waals surface area contributed by atoms with E-state index in [-0.39, 0.29) is 6.04 Å². The van der Waals surface area contributed by atoms with Gasteiger partial charge in [-0.1, -0.05) is 20.8 Å². The topological polar surface area (TPSA) is 73.1 Å². The number of nitrogen functional groups attached to an aromatic ring is 1. The van der Waals surface area contributed by atoms with Crippen molar-refractivity contribution in [1.82, 2.24) is 9.97 Å². The summed E-state index contributed by atoms with van der Waals surface area (Å²) < 4.78 is 5.65. The van der Waals surface area contributed by atoms with Crippen molar-refractivity contribution in [3.05, 3.63) is 5.82 Å². The monoisotopic (exact) mass is 252 g/mol. The number of rotatable bonds is 6. The molecule has 0 spiro atoms. The second kappa shape index (κ2) is 6.42. The van der Waals surface area contributed by atoms with Gasteiger partial charge in [0, 0.05) is 12.5 Å². The van der Waals surface area contributed by atoms with Crippen molar-refractivity contribution in [1.29, 1.82) is 0 Å². The van der Waals surface area contributed by atoms with Crippen LogP contribution >= 0.6 is 0 Å². The molecule has 0 aromatic carbocycles. The molecule has 0 aliphatic rings. The van der Waals surface area contributed by atoms with Crippen molar-refractivity contribution >= 4 is 11.5 Å². The minimum absolute atomic E-state index is 0.268. The van der Waals surface area contributed by atoms with Gasteiger partial charge in [-0.2, -0.15) is 4.98 Å². The molecule has 0 saturated carbocycles. The van der Waals surface area contributed by atoms with Crippen molar-refractivity contribution in [2.24, 2.45) is 5.92 Å². The molecule has 0 saturated heterocycles. The van der Waals surface area contributed by atoms with Gasteiger partial charge in [0.2, 0.25) is 5.88 Å². The van der Waals surface area contributed by atoms with E-state index in [1.165, 1.54) is 0 Å². The van der Waals surface area contributed by atoms with E-state index in [0.29, 0.717) is 29.9 Å². The fourth-order valence-corrected chi connectivity index (χ4v) is 1.39. The maximum absolute atomic E-state index is 6.03. The maximum Gasteiger partial charge on any atom is 0.242 e. The fourth-order valence-electron chi connectivity index (χ4n) is 1.39. The van der Waals surface area contributed by atoms with Crippen molar-refractivity contribution in [2.75, 3.05) is 17.7 Å². The summed E-state index contributed by atoms with van der Waals surface area (Å²) in [5.74, 6) is 2.33. The number of nitrogens with one attached hydrogen (secondary N) is 1. The van der Waals surface area contributed by atoms with Crippen molar-refractivity contribution in [3.63, 3.8) is 0 Å². The molecule has 18 heavy (non-hydrogen) atoms. The molecule has 0 atom stereocenters. The van der Waals surface area contributed by atoms with Crippen molar-refractivity contribution in [3.8, 4) is 5.88 Å². The number of hydrogen-bond donors (Lipinski definition) is 2. The Labute approximate surface area is 109 Å². The number of aromatic nitrogens is 2. The zero-order chi connectivity index (χ0) is 13.7. The lowest BCUT2D eigenvalue weighted by Crippen LogP contribution is -2.16. The molecule has 0 unspecified atom stereocenters. The number of anilines is 2. The maximum atomic E-state index is 6.03. The van der Waals surface area contributed by atoms with Crippen LogP contribution in [-0.4, -0.2) is 22.6 Å². The van der Waals surface area contributed by atoms with Gasteiger partial charge in [0.25, 0.3) is 0 Å². The Morgan fingerprint density at radius 3 is 2.39 bits per heavy atom. The first-order valence-corrected chi connectivity index (χ1v) is 6.49. The van der Waals surface area contributed by atoms with Gasteiger partial charge >= 0.3 is 0 Å². The van der Waals surface area contributed by atoms with Crippen LogP contribution in [0.25, 0.3) is 0 Å². The van der Waals surface area contributed by atoms with E-state index >= 15 is 0 Å². The van der Waals surface area contributed by atoms with Crippen LogP contribution in [0.5, 0.6) is 5.88 Å². The highest BCUT2D eigenvalue weighted by Crippen LogP contribution is 2.27. The largest absolute Gasteiger partial charge is 0.476 e. The summed E-state index contributed by atoms with van der Waals surface area (Å²) in [7, 11) is 0. The van der Waals surface area contributed by atoms with Gasteiger partial charge in [0.15, 0.2) is 5.82 Å². The molecule has 5 heteroatoms. The minimum atomic E-state index is 0.268. The summed E-state index contributed by atoms with van der Waals surface area (Å²) in [6, 6.07) is 0.268. The highest BCUT2D eigenvalue weighted by Gasteiger charge is 2.13. The number of nitrogens with zero attached hydrogens (tertiary/aromatic N) is 2. The van der Waals surface area contributed by atoms with Gasteiger partial charge in [0.05, 0.1) is 6.61 Å². The summed E-state index contributed by atoms with van der Waals surface area (Å²) in [5, 5.41) is 3.22. The molecule has 0 bridgehead atoms. The molecule has 0 fully saturated rings. The summed E-state index contributed by atoms with van der Waals surface area (Å²) >= 11 is 0. The SMILES string of the molecule is CCc1nc(NC(C)C)c(N)c(OCC(C)C)n1. The predicted molar refractivity (Wildman–Crippen MR) is 74.9 cm³/mol. The highest BCUT2D eigenvalue weighted by atomic mass is 16.5. The van der Waals surface area contributed by atoms with E-state index in [4.69, 9.17) is 10.5 Å². The Balaban J connectivity index is 3.00. The molecule has 1 heterocycles. The van der Waals surface area contributed by atoms with Crippen molar-refractivity contribution < 1.29 is 4.74 Å². The van der Waals surface area contributed by atoms with Crippen molar-refractivity contribution in [2.45, 2.75) is 47.1 Å². The number of aryl methyl sites for hydroxylation is 1. The van der Waals surface area contributed by atoms with Crippen LogP contribution in [0.2, 0.25) is 0 Å². The van der Waals surface area contributed by atoms with Gasteiger partial charge in [-0.05, 0) is 19.8 Å². The van der Waals surface area contributed by atoms with Crippen LogP contribution in [-0.2, 0) is 6.42 Å². The first kappa shape index (κ1) is 14.5. The second-order valence-corrected chi connectivity index (χ2v) is 5.06. The Kier molecular flexibility index (Phi) is 5.19. The number of hydrogen-bond acceptors (Lipinski definition) is 5. The van der Waals surface area contributed by atoms with Gasteiger partial charge in [-0.3, -0.25) is 0 Å². The van der Waals surface area contributed by atoms with Crippen LogP contribution < -0.4 is 15.8 Å². The summed E-state index contributed by atoms with van der Waals surface area (Å²) in [6.45, 7) is 10.9. The Morgan fingerprint density at radius 2 is 1.89 bits per heavy atom. The average Bonchev–Trinajstić information content (AvgIpc) is 2.29. The lowest BCUT2D eigenvalue weighted by atomic mass is 10.2.